The Morgan fingerprint density at radius 1 is 1.23 bits per heavy atom. The van der Waals surface area contributed by atoms with Crippen molar-refractivity contribution in [3.05, 3.63) is 45.7 Å². The molecule has 2 aromatic rings. The number of Topliss-reactive ketones (excluding diaryl/α,β-unsaturated/α-hetero) is 1. The van der Waals surface area contributed by atoms with E-state index in [0.29, 0.717) is 40.9 Å². The van der Waals surface area contributed by atoms with Crippen molar-refractivity contribution < 1.29 is 28.5 Å². The highest BCUT2D eigenvalue weighted by Crippen LogP contribution is 2.40. The number of aryl methyl sites for hydroxylation is 1. The van der Waals surface area contributed by atoms with E-state index in [9.17, 15) is 9.59 Å². The Bertz CT molecular complexity index is 834. The standard InChI is InChI=1S/C19H18O6S/c1-12-3-5-17(26-12)14(20)11-25-18(21)6-4-13-9-15(22-2)19-16(10-13)23-7-8-24-19/h3-6,9-10H,7-8,11H2,1-2H3/b6-4+. The summed E-state index contributed by atoms with van der Waals surface area (Å²) in [5.74, 6) is 0.826. The highest BCUT2D eigenvalue weighted by atomic mass is 32.1. The third kappa shape index (κ3) is 4.23. The molecule has 7 heteroatoms. The fourth-order valence-corrected chi connectivity index (χ4v) is 3.19. The van der Waals surface area contributed by atoms with Crippen LogP contribution in [0, 0.1) is 6.92 Å². The van der Waals surface area contributed by atoms with Crippen molar-refractivity contribution in [2.24, 2.45) is 0 Å². The van der Waals surface area contributed by atoms with E-state index in [-0.39, 0.29) is 12.4 Å². The molecule has 26 heavy (non-hydrogen) atoms. The summed E-state index contributed by atoms with van der Waals surface area (Å²) in [5.41, 5.74) is 0.697. The van der Waals surface area contributed by atoms with Crippen LogP contribution in [0.1, 0.15) is 20.1 Å². The van der Waals surface area contributed by atoms with E-state index in [1.807, 2.05) is 13.0 Å². The molecule has 0 saturated heterocycles. The van der Waals surface area contributed by atoms with Gasteiger partial charge in [0.25, 0.3) is 0 Å². The minimum Gasteiger partial charge on any atom is -0.493 e. The Morgan fingerprint density at radius 2 is 2.04 bits per heavy atom. The molecule has 0 bridgehead atoms. The van der Waals surface area contributed by atoms with Gasteiger partial charge in [-0.25, -0.2) is 4.79 Å². The summed E-state index contributed by atoms with van der Waals surface area (Å²) < 4.78 is 21.4. The maximum atomic E-state index is 11.9. The normalized spacial score (nSPS) is 12.8. The first-order valence-corrected chi connectivity index (χ1v) is 8.80. The van der Waals surface area contributed by atoms with Gasteiger partial charge in [0, 0.05) is 11.0 Å². The maximum Gasteiger partial charge on any atom is 0.331 e. The highest BCUT2D eigenvalue weighted by Gasteiger charge is 2.18. The maximum absolute atomic E-state index is 11.9. The van der Waals surface area contributed by atoms with Gasteiger partial charge in [0.1, 0.15) is 13.2 Å². The van der Waals surface area contributed by atoms with E-state index in [4.69, 9.17) is 18.9 Å². The van der Waals surface area contributed by atoms with Crippen LogP contribution in [0.3, 0.4) is 0 Å². The van der Waals surface area contributed by atoms with Crippen LogP contribution in [0.15, 0.2) is 30.3 Å². The number of methoxy groups -OCH3 is 1. The lowest BCUT2D eigenvalue weighted by Crippen LogP contribution is -2.16. The molecule has 0 N–H and O–H groups in total. The van der Waals surface area contributed by atoms with Gasteiger partial charge in [-0.15, -0.1) is 11.3 Å². The fraction of sp³-hybridized carbons (Fsp3) is 0.263. The summed E-state index contributed by atoms with van der Waals surface area (Å²) in [6.07, 6.45) is 2.83. The van der Waals surface area contributed by atoms with E-state index in [0.717, 1.165) is 4.88 Å². The molecule has 3 rings (SSSR count). The monoisotopic (exact) mass is 374 g/mol. The average Bonchev–Trinajstić information content (AvgIpc) is 3.10. The molecule has 136 valence electrons. The van der Waals surface area contributed by atoms with Crippen LogP contribution < -0.4 is 14.2 Å². The van der Waals surface area contributed by atoms with Crippen molar-refractivity contribution in [2.75, 3.05) is 26.9 Å². The summed E-state index contributed by atoms with van der Waals surface area (Å²) in [4.78, 5) is 25.4. The fourth-order valence-electron chi connectivity index (χ4n) is 2.39. The first-order valence-electron chi connectivity index (χ1n) is 7.99. The number of fused-ring (bicyclic) bond motifs is 1. The highest BCUT2D eigenvalue weighted by molar-refractivity contribution is 7.14. The minimum atomic E-state index is -0.597. The summed E-state index contributed by atoms with van der Waals surface area (Å²) in [6, 6.07) is 7.07. The molecule has 0 unspecified atom stereocenters. The number of carbonyl (C=O) groups excluding carboxylic acids is 2. The van der Waals surface area contributed by atoms with Gasteiger partial charge >= 0.3 is 5.97 Å². The largest absolute Gasteiger partial charge is 0.493 e. The number of hydrogen-bond acceptors (Lipinski definition) is 7. The number of benzene rings is 1. The smallest absolute Gasteiger partial charge is 0.331 e. The van der Waals surface area contributed by atoms with Crippen molar-refractivity contribution >= 4 is 29.2 Å². The van der Waals surface area contributed by atoms with Crippen molar-refractivity contribution in [1.82, 2.24) is 0 Å². The van der Waals surface area contributed by atoms with Gasteiger partial charge in [-0.1, -0.05) is 0 Å². The first-order chi connectivity index (χ1) is 12.6. The van der Waals surface area contributed by atoms with Gasteiger partial charge in [-0.05, 0) is 42.8 Å². The van der Waals surface area contributed by atoms with E-state index < -0.39 is 5.97 Å². The van der Waals surface area contributed by atoms with Crippen LogP contribution in [0.2, 0.25) is 0 Å². The summed E-state index contributed by atoms with van der Waals surface area (Å²) >= 11 is 1.38. The molecule has 0 spiro atoms. The van der Waals surface area contributed by atoms with Crippen LogP contribution >= 0.6 is 11.3 Å². The van der Waals surface area contributed by atoms with Crippen LogP contribution in [0.25, 0.3) is 6.08 Å². The van der Waals surface area contributed by atoms with E-state index >= 15 is 0 Å². The molecular formula is C19H18O6S. The zero-order valence-corrected chi connectivity index (χ0v) is 15.3. The molecule has 1 aromatic carbocycles. The Labute approximate surface area is 154 Å². The number of ether oxygens (including phenoxy) is 4. The van der Waals surface area contributed by atoms with E-state index in [1.165, 1.54) is 24.5 Å². The molecule has 1 aliphatic heterocycles. The van der Waals surface area contributed by atoms with Crippen LogP contribution in [0.4, 0.5) is 0 Å². The molecule has 0 fully saturated rings. The lowest BCUT2D eigenvalue weighted by molar-refractivity contribution is -0.136. The average molecular weight is 374 g/mol. The van der Waals surface area contributed by atoms with Crippen LogP contribution in [-0.2, 0) is 9.53 Å². The molecule has 0 radical (unpaired) electrons. The number of rotatable bonds is 6. The van der Waals surface area contributed by atoms with Gasteiger partial charge in [-0.2, -0.15) is 0 Å². The van der Waals surface area contributed by atoms with Gasteiger partial charge in [0.05, 0.1) is 12.0 Å². The van der Waals surface area contributed by atoms with Crippen molar-refractivity contribution in [2.45, 2.75) is 6.92 Å². The zero-order chi connectivity index (χ0) is 18.5. The summed E-state index contributed by atoms with van der Waals surface area (Å²) in [5, 5.41) is 0. The molecule has 1 aliphatic rings. The molecule has 6 nitrogen and oxygen atoms in total. The molecule has 2 heterocycles. The van der Waals surface area contributed by atoms with Crippen molar-refractivity contribution in [3.8, 4) is 17.2 Å². The summed E-state index contributed by atoms with van der Waals surface area (Å²) in [7, 11) is 1.53. The molecule has 1 aromatic heterocycles. The molecule has 0 amide bonds. The number of thiophene rings is 1. The third-order valence-electron chi connectivity index (χ3n) is 3.62. The predicted molar refractivity (Wildman–Crippen MR) is 97.4 cm³/mol. The topological polar surface area (TPSA) is 71.1 Å². The second kappa shape index (κ2) is 8.05. The Morgan fingerprint density at radius 3 is 2.77 bits per heavy atom. The van der Waals surface area contributed by atoms with Gasteiger partial charge < -0.3 is 18.9 Å². The van der Waals surface area contributed by atoms with Crippen LogP contribution in [0.5, 0.6) is 17.2 Å². The molecule has 0 aliphatic carbocycles. The predicted octanol–water partition coefficient (Wildman–Crippen LogP) is 3.28. The number of esters is 1. The van der Waals surface area contributed by atoms with Crippen molar-refractivity contribution in [1.29, 1.82) is 0 Å². The second-order valence-electron chi connectivity index (χ2n) is 5.52. The first kappa shape index (κ1) is 18.0. The molecular weight excluding hydrogens is 356 g/mol. The van der Waals surface area contributed by atoms with E-state index in [2.05, 4.69) is 0 Å². The Balaban J connectivity index is 1.62. The number of carbonyl (C=O) groups is 2. The van der Waals surface area contributed by atoms with Gasteiger partial charge in [-0.3, -0.25) is 4.79 Å². The summed E-state index contributed by atoms with van der Waals surface area (Å²) in [6.45, 7) is 2.55. The minimum absolute atomic E-state index is 0.217. The lowest BCUT2D eigenvalue weighted by atomic mass is 10.1. The number of hydrogen-bond donors (Lipinski definition) is 0. The zero-order valence-electron chi connectivity index (χ0n) is 14.4. The lowest BCUT2D eigenvalue weighted by Gasteiger charge is -2.20. The van der Waals surface area contributed by atoms with Gasteiger partial charge in [0.2, 0.25) is 11.5 Å². The van der Waals surface area contributed by atoms with E-state index in [1.54, 1.807) is 24.3 Å². The Hall–Kier alpha value is -2.80. The molecule has 0 atom stereocenters. The van der Waals surface area contributed by atoms with Crippen molar-refractivity contribution in [3.63, 3.8) is 0 Å². The molecule has 0 saturated carbocycles. The quantitative estimate of drug-likeness (QED) is 0.439. The Kier molecular flexibility index (Phi) is 5.58. The van der Waals surface area contributed by atoms with Crippen LogP contribution in [-0.4, -0.2) is 38.7 Å². The van der Waals surface area contributed by atoms with Gasteiger partial charge in [0.15, 0.2) is 18.1 Å². The SMILES string of the molecule is COc1cc(/C=C/C(=O)OCC(=O)c2ccc(C)s2)cc2c1OCCO2. The second-order valence-corrected chi connectivity index (χ2v) is 6.81. The third-order valence-corrected chi connectivity index (χ3v) is 4.66. The number of ketones is 1.